The minimum atomic E-state index is -0.221. The minimum absolute atomic E-state index is 0.0341. The molecular formula is C26H27FN2O2. The molecule has 4 nitrogen and oxygen atoms in total. The summed E-state index contributed by atoms with van der Waals surface area (Å²) in [5.41, 5.74) is 3.26. The molecule has 4 aromatic rings. The number of hydrogen-bond acceptors (Lipinski definition) is 2. The van der Waals surface area contributed by atoms with Gasteiger partial charge in [-0.05, 0) is 61.2 Å². The number of halogens is 1. The molecule has 0 spiro atoms. The van der Waals surface area contributed by atoms with Gasteiger partial charge < -0.3 is 14.3 Å². The van der Waals surface area contributed by atoms with Crippen LogP contribution in [0.3, 0.4) is 0 Å². The highest BCUT2D eigenvalue weighted by atomic mass is 19.1. The second kappa shape index (κ2) is 9.65. The van der Waals surface area contributed by atoms with Crippen LogP contribution in [0.4, 0.5) is 4.39 Å². The molecule has 0 aliphatic carbocycles. The Morgan fingerprint density at radius 1 is 1.13 bits per heavy atom. The van der Waals surface area contributed by atoms with E-state index in [0.29, 0.717) is 19.4 Å². The second-order valence-electron chi connectivity index (χ2n) is 8.03. The van der Waals surface area contributed by atoms with Gasteiger partial charge in [0.2, 0.25) is 5.91 Å². The largest absolute Gasteiger partial charge is 0.469 e. The number of aryl methyl sites for hydroxylation is 1. The van der Waals surface area contributed by atoms with Gasteiger partial charge in [-0.1, -0.05) is 30.3 Å². The van der Waals surface area contributed by atoms with Gasteiger partial charge in [0.05, 0.1) is 6.26 Å². The molecule has 0 radical (unpaired) electrons. The number of fused-ring (bicyclic) bond motifs is 1. The summed E-state index contributed by atoms with van der Waals surface area (Å²) in [6.45, 7) is 2.60. The van der Waals surface area contributed by atoms with Gasteiger partial charge in [-0.15, -0.1) is 0 Å². The molecule has 0 saturated heterocycles. The van der Waals surface area contributed by atoms with E-state index >= 15 is 0 Å². The van der Waals surface area contributed by atoms with Crippen LogP contribution in [0.5, 0.6) is 0 Å². The summed E-state index contributed by atoms with van der Waals surface area (Å²) < 4.78 is 21.1. The van der Waals surface area contributed by atoms with Crippen LogP contribution in [0.2, 0.25) is 0 Å². The standard InChI is InChI=1S/C26H27FN2O2/c1-19(15-23-10-6-14-31-23)28-26(30)13-5-8-21-18-29(25-12-3-2-11-24(21)25)17-20-7-4-9-22(27)16-20/h2-4,6-7,9-12,14,16,18-19H,5,8,13,15,17H2,1H3,(H,28,30). The number of nitrogens with zero attached hydrogens (tertiary/aromatic N) is 1. The number of hydrogen-bond donors (Lipinski definition) is 1. The van der Waals surface area contributed by atoms with Crippen molar-refractivity contribution in [3.05, 3.63) is 95.8 Å². The Hall–Kier alpha value is -3.34. The lowest BCUT2D eigenvalue weighted by Crippen LogP contribution is -2.33. The molecule has 31 heavy (non-hydrogen) atoms. The molecule has 1 amide bonds. The minimum Gasteiger partial charge on any atom is -0.469 e. The zero-order valence-corrected chi connectivity index (χ0v) is 17.7. The summed E-state index contributed by atoms with van der Waals surface area (Å²) in [4.78, 5) is 12.3. The number of carbonyl (C=O) groups excluding carboxylic acids is 1. The van der Waals surface area contributed by atoms with Crippen molar-refractivity contribution in [2.45, 2.75) is 45.2 Å². The van der Waals surface area contributed by atoms with Gasteiger partial charge >= 0.3 is 0 Å². The lowest BCUT2D eigenvalue weighted by molar-refractivity contribution is -0.121. The third-order valence-corrected chi connectivity index (χ3v) is 5.46. The van der Waals surface area contributed by atoms with E-state index in [-0.39, 0.29) is 17.8 Å². The molecule has 4 rings (SSSR count). The van der Waals surface area contributed by atoms with E-state index in [2.05, 4.69) is 28.2 Å². The van der Waals surface area contributed by atoms with Crippen molar-refractivity contribution in [2.75, 3.05) is 0 Å². The van der Waals surface area contributed by atoms with Crippen LogP contribution in [-0.2, 0) is 24.2 Å². The fraction of sp³-hybridized carbons (Fsp3) is 0.269. The molecule has 5 heteroatoms. The van der Waals surface area contributed by atoms with Crippen LogP contribution in [0.15, 0.2) is 77.5 Å². The maximum atomic E-state index is 13.6. The van der Waals surface area contributed by atoms with Crippen molar-refractivity contribution >= 4 is 16.8 Å². The van der Waals surface area contributed by atoms with Crippen LogP contribution in [-0.4, -0.2) is 16.5 Å². The Balaban J connectivity index is 1.36. The molecule has 160 valence electrons. The molecule has 0 aliphatic heterocycles. The van der Waals surface area contributed by atoms with E-state index in [4.69, 9.17) is 4.42 Å². The fourth-order valence-electron chi connectivity index (χ4n) is 4.05. The first-order valence-corrected chi connectivity index (χ1v) is 10.7. The molecule has 1 N–H and O–H groups in total. The van der Waals surface area contributed by atoms with Crippen LogP contribution >= 0.6 is 0 Å². The molecule has 1 atom stereocenters. The molecule has 0 fully saturated rings. The molecular weight excluding hydrogens is 391 g/mol. The Kier molecular flexibility index (Phi) is 6.51. The number of aromatic nitrogens is 1. The number of nitrogens with one attached hydrogen (secondary N) is 1. The third kappa shape index (κ3) is 5.43. The zero-order chi connectivity index (χ0) is 21.6. The van der Waals surface area contributed by atoms with Gasteiger partial charge in [-0.3, -0.25) is 4.79 Å². The van der Waals surface area contributed by atoms with Crippen molar-refractivity contribution < 1.29 is 13.6 Å². The third-order valence-electron chi connectivity index (χ3n) is 5.46. The number of carbonyl (C=O) groups is 1. The molecule has 2 aromatic heterocycles. The first-order chi connectivity index (χ1) is 15.1. The normalized spacial score (nSPS) is 12.2. The Labute approximate surface area is 181 Å². The van der Waals surface area contributed by atoms with Crippen molar-refractivity contribution in [2.24, 2.45) is 0 Å². The molecule has 1 unspecified atom stereocenters. The summed E-state index contributed by atoms with van der Waals surface area (Å²) in [5, 5.41) is 4.23. The van der Waals surface area contributed by atoms with Crippen LogP contribution in [0, 0.1) is 5.82 Å². The van der Waals surface area contributed by atoms with Crippen LogP contribution in [0.1, 0.15) is 36.7 Å². The summed E-state index contributed by atoms with van der Waals surface area (Å²) in [7, 11) is 0. The average Bonchev–Trinajstić information content (AvgIpc) is 3.36. The highest BCUT2D eigenvalue weighted by Crippen LogP contribution is 2.24. The number of furan rings is 1. The van der Waals surface area contributed by atoms with Gasteiger partial charge in [-0.2, -0.15) is 0 Å². The highest BCUT2D eigenvalue weighted by molar-refractivity contribution is 5.84. The summed E-state index contributed by atoms with van der Waals surface area (Å²) in [6, 6.07) is 18.8. The van der Waals surface area contributed by atoms with Gasteiger partial charge in [0.15, 0.2) is 0 Å². The van der Waals surface area contributed by atoms with E-state index in [0.717, 1.165) is 29.7 Å². The van der Waals surface area contributed by atoms with Crippen molar-refractivity contribution in [1.82, 2.24) is 9.88 Å². The first kappa shape index (κ1) is 20.9. The monoisotopic (exact) mass is 418 g/mol. The predicted octanol–water partition coefficient (Wildman–Crippen LogP) is 5.49. The van der Waals surface area contributed by atoms with E-state index in [1.165, 1.54) is 17.0 Å². The van der Waals surface area contributed by atoms with Crippen molar-refractivity contribution in [3.63, 3.8) is 0 Å². The fourth-order valence-corrected chi connectivity index (χ4v) is 4.05. The van der Waals surface area contributed by atoms with E-state index in [9.17, 15) is 9.18 Å². The van der Waals surface area contributed by atoms with Crippen LogP contribution < -0.4 is 5.32 Å². The van der Waals surface area contributed by atoms with Gasteiger partial charge in [-0.25, -0.2) is 4.39 Å². The highest BCUT2D eigenvalue weighted by Gasteiger charge is 2.12. The Morgan fingerprint density at radius 3 is 2.81 bits per heavy atom. The molecule has 0 saturated carbocycles. The lowest BCUT2D eigenvalue weighted by Gasteiger charge is -2.12. The predicted molar refractivity (Wildman–Crippen MR) is 120 cm³/mol. The lowest BCUT2D eigenvalue weighted by atomic mass is 10.1. The molecule has 0 bridgehead atoms. The van der Waals surface area contributed by atoms with E-state index < -0.39 is 0 Å². The number of para-hydroxylation sites is 1. The SMILES string of the molecule is CC(Cc1ccco1)NC(=O)CCCc1cn(Cc2cccc(F)c2)c2ccccc12. The summed E-state index contributed by atoms with van der Waals surface area (Å²) in [6.07, 6.45) is 6.53. The topological polar surface area (TPSA) is 47.2 Å². The second-order valence-corrected chi connectivity index (χ2v) is 8.03. The molecule has 2 heterocycles. The number of benzene rings is 2. The summed E-state index contributed by atoms with van der Waals surface area (Å²) >= 11 is 0. The van der Waals surface area contributed by atoms with Crippen molar-refractivity contribution in [1.29, 1.82) is 0 Å². The molecule has 2 aromatic carbocycles. The maximum absolute atomic E-state index is 13.6. The summed E-state index contributed by atoms with van der Waals surface area (Å²) in [5.74, 6) is 0.711. The van der Waals surface area contributed by atoms with Gasteiger partial charge in [0, 0.05) is 42.5 Å². The number of amides is 1. The maximum Gasteiger partial charge on any atom is 0.220 e. The smallest absolute Gasteiger partial charge is 0.220 e. The quantitative estimate of drug-likeness (QED) is 0.391. The van der Waals surface area contributed by atoms with Gasteiger partial charge in [0.25, 0.3) is 0 Å². The Morgan fingerprint density at radius 2 is 2.00 bits per heavy atom. The Bertz CT molecular complexity index is 1150. The number of rotatable bonds is 9. The van der Waals surface area contributed by atoms with Gasteiger partial charge in [0.1, 0.15) is 11.6 Å². The average molecular weight is 419 g/mol. The molecule has 0 aliphatic rings. The zero-order valence-electron chi connectivity index (χ0n) is 17.7. The van der Waals surface area contributed by atoms with Crippen molar-refractivity contribution in [3.8, 4) is 0 Å². The first-order valence-electron chi connectivity index (χ1n) is 10.7. The van der Waals surface area contributed by atoms with E-state index in [1.54, 1.807) is 18.4 Å². The van der Waals surface area contributed by atoms with E-state index in [1.807, 2.05) is 37.3 Å². The van der Waals surface area contributed by atoms with Crippen LogP contribution in [0.25, 0.3) is 10.9 Å².